The molecule has 0 amide bonds. The maximum atomic E-state index is 13.1. The van der Waals surface area contributed by atoms with Gasteiger partial charge in [-0.15, -0.1) is 5.10 Å². The number of furan rings is 1. The summed E-state index contributed by atoms with van der Waals surface area (Å²) in [5.74, 6) is 2.89. The number of nitrogens with one attached hydrogen (secondary N) is 1. The SMILES string of the molecule is CC[C@H](c1nnnn1C(C)(C)CC)N(Cc1ccco1)Cc1cc2cc3c(cc2[nH]c1=O)OCO3. The minimum absolute atomic E-state index is 0.132. The molecule has 0 aliphatic carbocycles. The fraction of sp³-hybridized carbons (Fsp3) is 0.440. The second-order valence-corrected chi connectivity index (χ2v) is 9.44. The van der Waals surface area contributed by atoms with Crippen molar-refractivity contribution in [2.24, 2.45) is 0 Å². The van der Waals surface area contributed by atoms with E-state index in [1.54, 1.807) is 12.3 Å². The van der Waals surface area contributed by atoms with E-state index in [0.717, 1.165) is 29.8 Å². The van der Waals surface area contributed by atoms with Crippen molar-refractivity contribution in [3.05, 3.63) is 64.1 Å². The van der Waals surface area contributed by atoms with E-state index in [1.807, 2.05) is 28.9 Å². The number of ether oxygens (including phenoxy) is 2. The van der Waals surface area contributed by atoms with E-state index in [9.17, 15) is 4.79 Å². The lowest BCUT2D eigenvalue weighted by Crippen LogP contribution is -2.36. The number of aromatic amines is 1. The van der Waals surface area contributed by atoms with Gasteiger partial charge in [0.1, 0.15) is 5.76 Å². The second-order valence-electron chi connectivity index (χ2n) is 9.44. The van der Waals surface area contributed by atoms with Gasteiger partial charge in [0.25, 0.3) is 5.56 Å². The van der Waals surface area contributed by atoms with Crippen LogP contribution in [-0.4, -0.2) is 36.9 Å². The Morgan fingerprint density at radius 3 is 2.69 bits per heavy atom. The number of nitrogens with zero attached hydrogens (tertiary/aromatic N) is 5. The maximum absolute atomic E-state index is 13.1. The van der Waals surface area contributed by atoms with Crippen molar-refractivity contribution in [3.8, 4) is 11.5 Å². The number of fused-ring (bicyclic) bond motifs is 2. The topological polar surface area (TPSA) is 111 Å². The molecule has 0 fully saturated rings. The van der Waals surface area contributed by atoms with E-state index < -0.39 is 0 Å². The number of rotatable bonds is 9. The number of hydrogen-bond donors (Lipinski definition) is 1. The highest BCUT2D eigenvalue weighted by Crippen LogP contribution is 2.36. The highest BCUT2D eigenvalue weighted by molar-refractivity contribution is 5.83. The van der Waals surface area contributed by atoms with Crippen LogP contribution in [-0.2, 0) is 18.6 Å². The lowest BCUT2D eigenvalue weighted by Gasteiger charge is -2.32. The molecule has 1 aromatic carbocycles. The van der Waals surface area contributed by atoms with Crippen LogP contribution in [0.15, 0.2) is 45.8 Å². The summed E-state index contributed by atoms with van der Waals surface area (Å²) in [5.41, 5.74) is 0.950. The Bertz CT molecular complexity index is 1370. The second kappa shape index (κ2) is 9.18. The number of H-pyrrole nitrogens is 1. The average Bonchev–Trinajstić information content (AvgIpc) is 3.61. The summed E-state index contributed by atoms with van der Waals surface area (Å²) >= 11 is 0. The molecule has 1 atom stereocenters. The van der Waals surface area contributed by atoms with E-state index in [2.05, 4.69) is 53.1 Å². The molecule has 35 heavy (non-hydrogen) atoms. The molecule has 0 saturated carbocycles. The van der Waals surface area contributed by atoms with Gasteiger partial charge in [0.2, 0.25) is 6.79 Å². The zero-order chi connectivity index (χ0) is 24.6. The molecule has 184 valence electrons. The van der Waals surface area contributed by atoms with Gasteiger partial charge < -0.3 is 18.9 Å². The number of benzene rings is 1. The highest BCUT2D eigenvalue weighted by Gasteiger charge is 2.31. The Hall–Kier alpha value is -3.66. The first kappa shape index (κ1) is 23.1. The van der Waals surface area contributed by atoms with Crippen LogP contribution in [0.1, 0.15) is 63.7 Å². The Morgan fingerprint density at radius 1 is 1.17 bits per heavy atom. The average molecular weight is 479 g/mol. The van der Waals surface area contributed by atoms with Crippen molar-refractivity contribution in [2.75, 3.05) is 6.79 Å². The number of tetrazole rings is 1. The molecule has 1 aliphatic rings. The zero-order valence-corrected chi connectivity index (χ0v) is 20.4. The third kappa shape index (κ3) is 4.41. The van der Waals surface area contributed by atoms with E-state index >= 15 is 0 Å². The largest absolute Gasteiger partial charge is 0.468 e. The zero-order valence-electron chi connectivity index (χ0n) is 20.4. The fourth-order valence-electron chi connectivity index (χ4n) is 4.44. The van der Waals surface area contributed by atoms with E-state index in [4.69, 9.17) is 13.9 Å². The Kier molecular flexibility index (Phi) is 6.06. The smallest absolute Gasteiger partial charge is 0.252 e. The summed E-state index contributed by atoms with van der Waals surface area (Å²) < 4.78 is 18.5. The molecule has 0 unspecified atom stereocenters. The van der Waals surface area contributed by atoms with Gasteiger partial charge >= 0.3 is 0 Å². The molecule has 0 saturated heterocycles. The van der Waals surface area contributed by atoms with Crippen LogP contribution in [0, 0.1) is 0 Å². The summed E-state index contributed by atoms with van der Waals surface area (Å²) in [4.78, 5) is 18.3. The van der Waals surface area contributed by atoms with Crippen LogP contribution in [0.2, 0.25) is 0 Å². The summed E-state index contributed by atoms with van der Waals surface area (Å²) in [5, 5.41) is 13.6. The molecule has 5 rings (SSSR count). The van der Waals surface area contributed by atoms with Gasteiger partial charge in [-0.05, 0) is 61.4 Å². The van der Waals surface area contributed by atoms with Crippen molar-refractivity contribution in [3.63, 3.8) is 0 Å². The molecule has 0 spiro atoms. The molecular formula is C25H30N6O4. The van der Waals surface area contributed by atoms with Crippen LogP contribution in [0.3, 0.4) is 0 Å². The molecule has 0 radical (unpaired) electrons. The van der Waals surface area contributed by atoms with E-state index in [-0.39, 0.29) is 23.9 Å². The lowest BCUT2D eigenvalue weighted by molar-refractivity contribution is 0.140. The predicted octanol–water partition coefficient (Wildman–Crippen LogP) is 4.13. The van der Waals surface area contributed by atoms with Crippen LogP contribution in [0.5, 0.6) is 11.5 Å². The Balaban J connectivity index is 1.54. The molecule has 4 aromatic rings. The number of pyridine rings is 1. The van der Waals surface area contributed by atoms with Gasteiger partial charge in [-0.3, -0.25) is 9.69 Å². The van der Waals surface area contributed by atoms with Crippen LogP contribution in [0.4, 0.5) is 0 Å². The van der Waals surface area contributed by atoms with Crippen molar-refractivity contribution < 1.29 is 13.9 Å². The molecule has 4 heterocycles. The van der Waals surface area contributed by atoms with Crippen molar-refractivity contribution in [2.45, 2.75) is 65.2 Å². The van der Waals surface area contributed by atoms with E-state index in [0.29, 0.717) is 35.7 Å². The number of aromatic nitrogens is 5. The van der Waals surface area contributed by atoms with Crippen LogP contribution >= 0.6 is 0 Å². The van der Waals surface area contributed by atoms with E-state index in [1.165, 1.54) is 0 Å². The third-order valence-corrected chi connectivity index (χ3v) is 6.78. The van der Waals surface area contributed by atoms with Gasteiger partial charge in [-0.2, -0.15) is 0 Å². The highest BCUT2D eigenvalue weighted by atomic mass is 16.7. The van der Waals surface area contributed by atoms with Crippen LogP contribution in [0.25, 0.3) is 10.9 Å². The monoisotopic (exact) mass is 478 g/mol. The quantitative estimate of drug-likeness (QED) is 0.382. The first-order valence-corrected chi connectivity index (χ1v) is 11.9. The molecule has 0 bridgehead atoms. The molecule has 3 aromatic heterocycles. The Morgan fingerprint density at radius 2 is 1.97 bits per heavy atom. The Labute approximate surface area is 202 Å². The van der Waals surface area contributed by atoms with Crippen molar-refractivity contribution >= 4 is 10.9 Å². The van der Waals surface area contributed by atoms with Crippen molar-refractivity contribution in [1.82, 2.24) is 30.1 Å². The third-order valence-electron chi connectivity index (χ3n) is 6.78. The van der Waals surface area contributed by atoms with Gasteiger partial charge in [-0.25, -0.2) is 4.68 Å². The molecular weight excluding hydrogens is 448 g/mol. The molecule has 10 nitrogen and oxygen atoms in total. The summed E-state index contributed by atoms with van der Waals surface area (Å²) in [7, 11) is 0. The minimum atomic E-state index is -0.245. The van der Waals surface area contributed by atoms with Crippen molar-refractivity contribution in [1.29, 1.82) is 0 Å². The molecule has 10 heteroatoms. The van der Waals surface area contributed by atoms with Gasteiger partial charge in [0.05, 0.1) is 29.9 Å². The normalized spacial score (nSPS) is 14.2. The fourth-order valence-corrected chi connectivity index (χ4v) is 4.44. The minimum Gasteiger partial charge on any atom is -0.468 e. The number of hydrogen-bond acceptors (Lipinski definition) is 8. The van der Waals surface area contributed by atoms with Gasteiger partial charge in [0.15, 0.2) is 17.3 Å². The van der Waals surface area contributed by atoms with Gasteiger partial charge in [-0.1, -0.05) is 13.8 Å². The lowest BCUT2D eigenvalue weighted by atomic mass is 10.0. The molecule has 1 N–H and O–H groups in total. The molecule has 1 aliphatic heterocycles. The standard InChI is InChI=1S/C25H30N6O4/c1-5-20(23-27-28-29-31(23)25(3,4)6-2)30(14-18-8-7-9-33-18)13-17-10-16-11-21-22(35-15-34-21)12-19(16)26-24(17)32/h7-12,20H,5-6,13-15H2,1-4H3,(H,26,32)/t20-/m1/s1. The van der Waals surface area contributed by atoms with Gasteiger partial charge in [0, 0.05) is 23.6 Å². The summed E-state index contributed by atoms with van der Waals surface area (Å²) in [6.07, 6.45) is 3.29. The predicted molar refractivity (Wildman–Crippen MR) is 129 cm³/mol. The first-order chi connectivity index (χ1) is 16.9. The first-order valence-electron chi connectivity index (χ1n) is 11.9. The summed E-state index contributed by atoms with van der Waals surface area (Å²) in [6, 6.07) is 9.28. The van der Waals surface area contributed by atoms with Crippen LogP contribution < -0.4 is 15.0 Å². The summed E-state index contributed by atoms with van der Waals surface area (Å²) in [6.45, 7) is 9.53. The maximum Gasteiger partial charge on any atom is 0.252 e.